The third kappa shape index (κ3) is 3.72. The largest absolute Gasteiger partial charge is 0.494 e. The summed E-state index contributed by atoms with van der Waals surface area (Å²) in [6.07, 6.45) is 7.79. The van der Waals surface area contributed by atoms with Gasteiger partial charge in [0.1, 0.15) is 0 Å². The molecule has 1 aliphatic carbocycles. The first-order valence-corrected chi connectivity index (χ1v) is 7.81. The van der Waals surface area contributed by atoms with Gasteiger partial charge in [-0.3, -0.25) is 0 Å². The van der Waals surface area contributed by atoms with Crippen molar-refractivity contribution in [1.29, 1.82) is 0 Å². The molecule has 0 amide bonds. The molecule has 0 bridgehead atoms. The Hall–Kier alpha value is -1.09. The van der Waals surface area contributed by atoms with E-state index in [1.165, 1.54) is 39.2 Å². The third-order valence-electron chi connectivity index (χ3n) is 4.48. The van der Waals surface area contributed by atoms with Crippen molar-refractivity contribution in [3.05, 3.63) is 29.6 Å². The van der Waals surface area contributed by atoms with Crippen molar-refractivity contribution >= 4 is 0 Å². The number of hydrogen-bond acceptors (Lipinski definition) is 2. The quantitative estimate of drug-likeness (QED) is 0.839. The number of ether oxygens (including phenoxy) is 1. The maximum Gasteiger partial charge on any atom is 0.169 e. The maximum absolute atomic E-state index is 14.1. The number of hydrogen-bond donors (Lipinski definition) is 1. The predicted molar refractivity (Wildman–Crippen MR) is 80.4 cm³/mol. The highest BCUT2D eigenvalue weighted by Crippen LogP contribution is 2.28. The van der Waals surface area contributed by atoms with Crippen LogP contribution in [0.4, 0.5) is 4.39 Å². The fourth-order valence-electron chi connectivity index (χ4n) is 3.27. The standard InChI is InChI=1S/C17H26FNO/c1-3-15(13-8-5-4-6-9-13)19-12-14-10-7-11-16(20-2)17(14)18/h7,10-11,13,15,19H,3-6,8-9,12H2,1-2H3. The fourth-order valence-corrected chi connectivity index (χ4v) is 3.27. The molecule has 0 radical (unpaired) electrons. The Morgan fingerprint density at radius 3 is 2.70 bits per heavy atom. The molecule has 1 atom stereocenters. The van der Waals surface area contributed by atoms with Gasteiger partial charge in [-0.1, -0.05) is 38.3 Å². The molecule has 20 heavy (non-hydrogen) atoms. The lowest BCUT2D eigenvalue weighted by atomic mass is 9.83. The van der Waals surface area contributed by atoms with Crippen LogP contribution in [0, 0.1) is 11.7 Å². The average Bonchev–Trinajstić information content (AvgIpc) is 2.50. The first-order chi connectivity index (χ1) is 9.76. The van der Waals surface area contributed by atoms with Gasteiger partial charge in [0.25, 0.3) is 0 Å². The lowest BCUT2D eigenvalue weighted by Crippen LogP contribution is -2.36. The summed E-state index contributed by atoms with van der Waals surface area (Å²) in [5.41, 5.74) is 0.693. The van der Waals surface area contributed by atoms with E-state index in [-0.39, 0.29) is 5.82 Å². The molecular weight excluding hydrogens is 253 g/mol. The van der Waals surface area contributed by atoms with Crippen LogP contribution in [0.25, 0.3) is 0 Å². The Morgan fingerprint density at radius 2 is 2.05 bits per heavy atom. The first kappa shape index (κ1) is 15.3. The van der Waals surface area contributed by atoms with Crippen LogP contribution < -0.4 is 10.1 Å². The van der Waals surface area contributed by atoms with Gasteiger partial charge in [-0.2, -0.15) is 0 Å². The van der Waals surface area contributed by atoms with Crippen LogP contribution in [0.2, 0.25) is 0 Å². The summed E-state index contributed by atoms with van der Waals surface area (Å²) in [6.45, 7) is 2.80. The molecule has 1 N–H and O–H groups in total. The van der Waals surface area contributed by atoms with Gasteiger partial charge >= 0.3 is 0 Å². The minimum atomic E-state index is -0.235. The Kier molecular flexibility index (Phi) is 5.84. The van der Waals surface area contributed by atoms with Crippen LogP contribution in [0.3, 0.4) is 0 Å². The molecular formula is C17H26FNO. The monoisotopic (exact) mass is 279 g/mol. The normalized spacial score (nSPS) is 17.9. The molecule has 1 aromatic rings. The molecule has 3 heteroatoms. The van der Waals surface area contributed by atoms with Crippen molar-refractivity contribution in [3.63, 3.8) is 0 Å². The van der Waals surface area contributed by atoms with E-state index in [9.17, 15) is 4.39 Å². The lowest BCUT2D eigenvalue weighted by molar-refractivity contribution is 0.260. The second-order valence-corrected chi connectivity index (χ2v) is 5.73. The van der Waals surface area contributed by atoms with Crippen molar-refractivity contribution in [3.8, 4) is 5.75 Å². The summed E-state index contributed by atoms with van der Waals surface area (Å²) in [5.74, 6) is 0.846. The van der Waals surface area contributed by atoms with Crippen molar-refractivity contribution in [1.82, 2.24) is 5.32 Å². The number of nitrogens with one attached hydrogen (secondary N) is 1. The number of methoxy groups -OCH3 is 1. The number of halogens is 1. The summed E-state index contributed by atoms with van der Waals surface area (Å²) in [7, 11) is 1.51. The molecule has 2 rings (SSSR count). The SMILES string of the molecule is CCC(NCc1cccc(OC)c1F)C1CCCCC1. The third-order valence-corrected chi connectivity index (χ3v) is 4.48. The molecule has 0 spiro atoms. The van der Waals surface area contributed by atoms with Crippen LogP contribution in [-0.2, 0) is 6.54 Å². The van der Waals surface area contributed by atoms with Crippen molar-refractivity contribution in [2.45, 2.75) is 58.0 Å². The minimum absolute atomic E-state index is 0.235. The zero-order chi connectivity index (χ0) is 14.4. The van der Waals surface area contributed by atoms with Gasteiger partial charge in [-0.05, 0) is 31.2 Å². The van der Waals surface area contributed by atoms with E-state index >= 15 is 0 Å². The van der Waals surface area contributed by atoms with Crippen LogP contribution in [0.1, 0.15) is 51.0 Å². The van der Waals surface area contributed by atoms with E-state index in [2.05, 4.69) is 12.2 Å². The van der Waals surface area contributed by atoms with Crippen LogP contribution in [0.15, 0.2) is 18.2 Å². The Bertz CT molecular complexity index is 415. The van der Waals surface area contributed by atoms with Crippen LogP contribution >= 0.6 is 0 Å². The zero-order valence-corrected chi connectivity index (χ0v) is 12.6. The fraction of sp³-hybridized carbons (Fsp3) is 0.647. The van der Waals surface area contributed by atoms with Gasteiger partial charge < -0.3 is 10.1 Å². The second-order valence-electron chi connectivity index (χ2n) is 5.73. The molecule has 0 aliphatic heterocycles. The molecule has 0 aromatic heterocycles. The first-order valence-electron chi connectivity index (χ1n) is 7.81. The molecule has 1 aromatic carbocycles. The Balaban J connectivity index is 1.95. The van der Waals surface area contributed by atoms with Gasteiger partial charge in [-0.25, -0.2) is 4.39 Å². The summed E-state index contributed by atoms with van der Waals surface area (Å²) in [6, 6.07) is 5.84. The van der Waals surface area contributed by atoms with Gasteiger partial charge in [0.2, 0.25) is 0 Å². The molecule has 1 unspecified atom stereocenters. The van der Waals surface area contributed by atoms with Crippen molar-refractivity contribution in [2.24, 2.45) is 5.92 Å². The average molecular weight is 279 g/mol. The van der Waals surface area contributed by atoms with E-state index in [1.54, 1.807) is 6.07 Å². The van der Waals surface area contributed by atoms with E-state index in [4.69, 9.17) is 4.74 Å². The van der Waals surface area contributed by atoms with Crippen molar-refractivity contribution < 1.29 is 9.13 Å². The molecule has 1 fully saturated rings. The highest BCUT2D eigenvalue weighted by molar-refractivity contribution is 5.30. The Labute approximate surface area is 121 Å². The van der Waals surface area contributed by atoms with E-state index < -0.39 is 0 Å². The zero-order valence-electron chi connectivity index (χ0n) is 12.6. The Morgan fingerprint density at radius 1 is 1.30 bits per heavy atom. The summed E-state index contributed by atoms with van der Waals surface area (Å²) >= 11 is 0. The summed E-state index contributed by atoms with van der Waals surface area (Å²) in [5, 5.41) is 3.55. The molecule has 0 saturated heterocycles. The molecule has 112 valence electrons. The summed E-state index contributed by atoms with van der Waals surface area (Å²) in [4.78, 5) is 0. The molecule has 1 aliphatic rings. The number of benzene rings is 1. The van der Waals surface area contributed by atoms with Gasteiger partial charge in [-0.15, -0.1) is 0 Å². The van der Waals surface area contributed by atoms with Crippen molar-refractivity contribution in [2.75, 3.05) is 7.11 Å². The molecule has 1 saturated carbocycles. The van der Waals surface area contributed by atoms with E-state index in [0.717, 1.165) is 12.3 Å². The van der Waals surface area contributed by atoms with E-state index in [0.29, 0.717) is 23.9 Å². The van der Waals surface area contributed by atoms with E-state index in [1.807, 2.05) is 12.1 Å². The molecule has 2 nitrogen and oxygen atoms in total. The van der Waals surface area contributed by atoms with Gasteiger partial charge in [0, 0.05) is 18.2 Å². The van der Waals surface area contributed by atoms with Gasteiger partial charge in [0.05, 0.1) is 7.11 Å². The van der Waals surface area contributed by atoms with Crippen LogP contribution in [0.5, 0.6) is 5.75 Å². The number of rotatable bonds is 6. The second kappa shape index (κ2) is 7.63. The lowest BCUT2D eigenvalue weighted by Gasteiger charge is -2.30. The minimum Gasteiger partial charge on any atom is -0.494 e. The molecule has 0 heterocycles. The predicted octanol–water partition coefficient (Wildman–Crippen LogP) is 4.28. The van der Waals surface area contributed by atoms with Crippen LogP contribution in [-0.4, -0.2) is 13.2 Å². The highest BCUT2D eigenvalue weighted by atomic mass is 19.1. The maximum atomic E-state index is 14.1. The topological polar surface area (TPSA) is 21.3 Å². The van der Waals surface area contributed by atoms with Gasteiger partial charge in [0.15, 0.2) is 11.6 Å². The smallest absolute Gasteiger partial charge is 0.169 e. The summed E-state index contributed by atoms with van der Waals surface area (Å²) < 4.78 is 19.1. The highest BCUT2D eigenvalue weighted by Gasteiger charge is 2.22.